The lowest BCUT2D eigenvalue weighted by Crippen LogP contribution is -2.08. The maximum absolute atomic E-state index is 5.76. The van der Waals surface area contributed by atoms with Gasteiger partial charge in [-0.2, -0.15) is 0 Å². The van der Waals surface area contributed by atoms with Crippen molar-refractivity contribution in [1.29, 1.82) is 0 Å². The number of methoxy groups -OCH3 is 1. The van der Waals surface area contributed by atoms with Crippen LogP contribution in [0, 0.1) is 5.92 Å². The molecule has 0 N–H and O–H groups in total. The molecule has 0 fully saturated rings. The first-order chi connectivity index (χ1) is 8.31. The highest BCUT2D eigenvalue weighted by Gasteiger charge is 2.07. The molecule has 0 aromatic heterocycles. The normalized spacial score (nSPS) is 12.2. The van der Waals surface area contributed by atoms with Gasteiger partial charge in [-0.1, -0.05) is 41.4 Å². The van der Waals surface area contributed by atoms with Crippen LogP contribution in [0.4, 0.5) is 0 Å². The molecule has 0 spiro atoms. The number of hydrogen-bond acceptors (Lipinski definition) is 2. The summed E-state index contributed by atoms with van der Waals surface area (Å²) < 4.78 is 11.0. The Bertz CT molecular complexity index is 315. The van der Waals surface area contributed by atoms with Gasteiger partial charge in [0.1, 0.15) is 0 Å². The number of para-hydroxylation sites is 2. The van der Waals surface area contributed by atoms with E-state index in [2.05, 4.69) is 22.9 Å². The van der Waals surface area contributed by atoms with Gasteiger partial charge in [0, 0.05) is 5.33 Å². The minimum Gasteiger partial charge on any atom is -0.493 e. The van der Waals surface area contributed by atoms with Gasteiger partial charge in [0.2, 0.25) is 0 Å². The Morgan fingerprint density at radius 2 is 1.88 bits per heavy atom. The molecule has 0 aliphatic heterocycles. The zero-order chi connectivity index (χ0) is 12.5. The molecule has 1 atom stereocenters. The second kappa shape index (κ2) is 8.40. The maximum atomic E-state index is 5.76. The Morgan fingerprint density at radius 1 is 1.18 bits per heavy atom. The summed E-state index contributed by atoms with van der Waals surface area (Å²) in [5.74, 6) is 2.34. The molecular formula is C14H21BrO2. The van der Waals surface area contributed by atoms with Gasteiger partial charge < -0.3 is 9.47 Å². The van der Waals surface area contributed by atoms with Crippen molar-refractivity contribution in [3.63, 3.8) is 0 Å². The van der Waals surface area contributed by atoms with E-state index in [-0.39, 0.29) is 0 Å². The van der Waals surface area contributed by atoms with Crippen LogP contribution in [0.3, 0.4) is 0 Å². The predicted octanol–water partition coefficient (Wildman–Crippen LogP) is 4.28. The molecule has 0 heterocycles. The highest BCUT2D eigenvalue weighted by Crippen LogP contribution is 2.26. The SMILES string of the molecule is CCCC(CBr)CCOc1ccccc1OC. The molecule has 0 radical (unpaired) electrons. The fraction of sp³-hybridized carbons (Fsp3) is 0.571. The van der Waals surface area contributed by atoms with Crippen molar-refractivity contribution in [2.75, 3.05) is 19.0 Å². The van der Waals surface area contributed by atoms with Crippen LogP contribution in [-0.4, -0.2) is 19.0 Å². The molecule has 0 saturated heterocycles. The Labute approximate surface area is 112 Å². The van der Waals surface area contributed by atoms with E-state index in [9.17, 15) is 0 Å². The maximum Gasteiger partial charge on any atom is 0.161 e. The van der Waals surface area contributed by atoms with Crippen LogP contribution in [-0.2, 0) is 0 Å². The van der Waals surface area contributed by atoms with Gasteiger partial charge in [0.15, 0.2) is 11.5 Å². The van der Waals surface area contributed by atoms with E-state index in [1.807, 2.05) is 24.3 Å². The zero-order valence-electron chi connectivity index (χ0n) is 10.6. The molecule has 0 bridgehead atoms. The number of alkyl halides is 1. The smallest absolute Gasteiger partial charge is 0.161 e. The average Bonchev–Trinajstić information content (AvgIpc) is 2.38. The van der Waals surface area contributed by atoms with Crippen molar-refractivity contribution < 1.29 is 9.47 Å². The summed E-state index contributed by atoms with van der Waals surface area (Å²) in [7, 11) is 1.67. The van der Waals surface area contributed by atoms with E-state index in [0.717, 1.165) is 29.9 Å². The molecule has 1 unspecified atom stereocenters. The van der Waals surface area contributed by atoms with Crippen LogP contribution < -0.4 is 9.47 Å². The molecular weight excluding hydrogens is 280 g/mol. The number of halogens is 1. The van der Waals surface area contributed by atoms with Crippen LogP contribution >= 0.6 is 15.9 Å². The van der Waals surface area contributed by atoms with Crippen LogP contribution in [0.1, 0.15) is 26.2 Å². The van der Waals surface area contributed by atoms with Crippen molar-refractivity contribution in [1.82, 2.24) is 0 Å². The van der Waals surface area contributed by atoms with Crippen molar-refractivity contribution in [2.24, 2.45) is 5.92 Å². The number of rotatable bonds is 8. The number of ether oxygens (including phenoxy) is 2. The molecule has 1 rings (SSSR count). The fourth-order valence-corrected chi connectivity index (χ4v) is 2.43. The van der Waals surface area contributed by atoms with Crippen LogP contribution in [0.2, 0.25) is 0 Å². The first-order valence-corrected chi connectivity index (χ1v) is 7.25. The van der Waals surface area contributed by atoms with E-state index in [0.29, 0.717) is 5.92 Å². The van der Waals surface area contributed by atoms with Gasteiger partial charge in [-0.25, -0.2) is 0 Å². The molecule has 3 heteroatoms. The summed E-state index contributed by atoms with van der Waals surface area (Å²) in [6.07, 6.45) is 3.56. The lowest BCUT2D eigenvalue weighted by atomic mass is 10.0. The molecule has 2 nitrogen and oxygen atoms in total. The van der Waals surface area contributed by atoms with Gasteiger partial charge in [-0.05, 0) is 30.9 Å². The van der Waals surface area contributed by atoms with Crippen LogP contribution in [0.25, 0.3) is 0 Å². The van der Waals surface area contributed by atoms with E-state index in [4.69, 9.17) is 9.47 Å². The molecule has 96 valence electrons. The summed E-state index contributed by atoms with van der Waals surface area (Å²) >= 11 is 3.55. The highest BCUT2D eigenvalue weighted by atomic mass is 79.9. The highest BCUT2D eigenvalue weighted by molar-refractivity contribution is 9.09. The Balaban J connectivity index is 2.39. The second-order valence-electron chi connectivity index (χ2n) is 4.10. The zero-order valence-corrected chi connectivity index (χ0v) is 12.2. The molecule has 1 aromatic rings. The quantitative estimate of drug-likeness (QED) is 0.667. The van der Waals surface area contributed by atoms with Crippen molar-refractivity contribution in [2.45, 2.75) is 26.2 Å². The monoisotopic (exact) mass is 300 g/mol. The van der Waals surface area contributed by atoms with E-state index < -0.39 is 0 Å². The third-order valence-corrected chi connectivity index (χ3v) is 3.68. The predicted molar refractivity (Wildman–Crippen MR) is 75.3 cm³/mol. The topological polar surface area (TPSA) is 18.5 Å². The fourth-order valence-electron chi connectivity index (χ4n) is 1.78. The van der Waals surface area contributed by atoms with Gasteiger partial charge >= 0.3 is 0 Å². The Morgan fingerprint density at radius 3 is 2.47 bits per heavy atom. The lowest BCUT2D eigenvalue weighted by molar-refractivity contribution is 0.266. The first-order valence-electron chi connectivity index (χ1n) is 6.13. The summed E-state index contributed by atoms with van der Waals surface area (Å²) in [6, 6.07) is 7.78. The van der Waals surface area contributed by atoms with Crippen LogP contribution in [0.5, 0.6) is 11.5 Å². The minimum atomic E-state index is 0.703. The summed E-state index contributed by atoms with van der Waals surface area (Å²) in [5, 5.41) is 1.05. The third-order valence-electron chi connectivity index (χ3n) is 2.77. The largest absolute Gasteiger partial charge is 0.493 e. The molecule has 0 aliphatic rings. The third kappa shape index (κ3) is 4.99. The van der Waals surface area contributed by atoms with E-state index >= 15 is 0 Å². The number of benzene rings is 1. The summed E-state index contributed by atoms with van der Waals surface area (Å²) in [5.41, 5.74) is 0. The average molecular weight is 301 g/mol. The summed E-state index contributed by atoms with van der Waals surface area (Å²) in [4.78, 5) is 0. The first kappa shape index (κ1) is 14.4. The lowest BCUT2D eigenvalue weighted by Gasteiger charge is -2.14. The summed E-state index contributed by atoms with van der Waals surface area (Å²) in [6.45, 7) is 2.97. The second-order valence-corrected chi connectivity index (χ2v) is 4.74. The van der Waals surface area contributed by atoms with E-state index in [1.165, 1.54) is 12.8 Å². The molecule has 17 heavy (non-hydrogen) atoms. The van der Waals surface area contributed by atoms with Crippen molar-refractivity contribution in [3.8, 4) is 11.5 Å². The Kier molecular flexibility index (Phi) is 7.10. The van der Waals surface area contributed by atoms with Gasteiger partial charge in [-0.15, -0.1) is 0 Å². The van der Waals surface area contributed by atoms with Gasteiger partial charge in [0.25, 0.3) is 0 Å². The number of hydrogen-bond donors (Lipinski definition) is 0. The van der Waals surface area contributed by atoms with Gasteiger partial charge in [0.05, 0.1) is 13.7 Å². The Hall–Kier alpha value is -0.700. The minimum absolute atomic E-state index is 0.703. The molecule has 0 amide bonds. The standard InChI is InChI=1S/C14H21BrO2/c1-3-6-12(11-15)9-10-17-14-8-5-4-7-13(14)16-2/h4-5,7-8,12H,3,6,9-11H2,1-2H3. The van der Waals surface area contributed by atoms with E-state index in [1.54, 1.807) is 7.11 Å². The molecule has 1 aromatic carbocycles. The molecule has 0 saturated carbocycles. The van der Waals surface area contributed by atoms with Gasteiger partial charge in [-0.3, -0.25) is 0 Å². The van der Waals surface area contributed by atoms with Crippen molar-refractivity contribution >= 4 is 15.9 Å². The van der Waals surface area contributed by atoms with Crippen LogP contribution in [0.15, 0.2) is 24.3 Å². The molecule has 0 aliphatic carbocycles. The van der Waals surface area contributed by atoms with Crippen molar-refractivity contribution in [3.05, 3.63) is 24.3 Å².